The molecule has 1 aliphatic rings. The maximum Gasteiger partial charge on any atom is 0.213 e. The third kappa shape index (κ3) is 2.93. The van der Waals surface area contributed by atoms with Crippen molar-refractivity contribution in [2.24, 2.45) is 0 Å². The molecule has 1 fully saturated rings. The van der Waals surface area contributed by atoms with Crippen LogP contribution in [-0.4, -0.2) is 44.8 Å². The smallest absolute Gasteiger partial charge is 0.213 e. The van der Waals surface area contributed by atoms with E-state index in [2.05, 4.69) is 0 Å². The molecule has 0 amide bonds. The van der Waals surface area contributed by atoms with Crippen LogP contribution in [0.3, 0.4) is 0 Å². The fourth-order valence-electron chi connectivity index (χ4n) is 1.41. The topological polar surface area (TPSA) is 46.6 Å². The average Bonchev–Trinajstić information content (AvgIpc) is 2.57. The molecule has 4 nitrogen and oxygen atoms in total. The van der Waals surface area contributed by atoms with Gasteiger partial charge in [0, 0.05) is 20.2 Å². The lowest BCUT2D eigenvalue weighted by molar-refractivity contribution is 0.0979. The summed E-state index contributed by atoms with van der Waals surface area (Å²) in [6.07, 6.45) is 2.13. The fourth-order valence-corrected chi connectivity index (χ4v) is 2.24. The van der Waals surface area contributed by atoms with E-state index in [1.54, 1.807) is 14.0 Å². The van der Waals surface area contributed by atoms with Gasteiger partial charge in [0.1, 0.15) is 0 Å². The molecular weight excluding hydrogens is 190 g/mol. The first-order chi connectivity index (χ1) is 6.06. The second kappa shape index (κ2) is 4.39. The zero-order valence-electron chi connectivity index (χ0n) is 8.19. The molecule has 1 heterocycles. The number of hydrogen-bond donors (Lipinski definition) is 0. The quantitative estimate of drug-likeness (QED) is 0.672. The molecule has 0 aliphatic carbocycles. The summed E-state index contributed by atoms with van der Waals surface area (Å²) in [5, 5.41) is 0. The van der Waals surface area contributed by atoms with Crippen molar-refractivity contribution in [1.82, 2.24) is 4.31 Å². The second-order valence-electron chi connectivity index (χ2n) is 3.32. The molecule has 1 rings (SSSR count). The lowest BCUT2D eigenvalue weighted by atomic mass is 10.2. The Morgan fingerprint density at radius 3 is 2.69 bits per heavy atom. The molecule has 0 aromatic carbocycles. The minimum absolute atomic E-state index is 0.103. The van der Waals surface area contributed by atoms with Crippen LogP contribution in [0.5, 0.6) is 0 Å². The van der Waals surface area contributed by atoms with E-state index in [9.17, 15) is 8.42 Å². The fraction of sp³-hybridized carbons (Fsp3) is 1.00. The first kappa shape index (κ1) is 10.9. The van der Waals surface area contributed by atoms with Gasteiger partial charge in [-0.1, -0.05) is 0 Å². The molecule has 1 atom stereocenters. The van der Waals surface area contributed by atoms with Crippen LogP contribution in [-0.2, 0) is 14.8 Å². The number of rotatable bonds is 4. The van der Waals surface area contributed by atoms with Crippen LogP contribution in [0.1, 0.15) is 19.8 Å². The molecule has 1 aliphatic heterocycles. The molecule has 0 spiro atoms. The zero-order chi connectivity index (χ0) is 9.90. The summed E-state index contributed by atoms with van der Waals surface area (Å²) in [6.45, 7) is 2.92. The highest BCUT2D eigenvalue weighted by Crippen LogP contribution is 2.14. The first-order valence-electron chi connectivity index (χ1n) is 4.62. The van der Waals surface area contributed by atoms with Crippen molar-refractivity contribution in [2.75, 3.05) is 26.0 Å². The Balaban J connectivity index is 2.44. The zero-order valence-corrected chi connectivity index (χ0v) is 9.01. The van der Waals surface area contributed by atoms with E-state index in [1.807, 2.05) is 0 Å². The van der Waals surface area contributed by atoms with E-state index in [-0.39, 0.29) is 11.9 Å². The molecule has 0 N–H and O–H groups in total. The molecule has 0 aromatic heterocycles. The van der Waals surface area contributed by atoms with E-state index in [0.717, 1.165) is 19.4 Å². The van der Waals surface area contributed by atoms with Crippen molar-refractivity contribution in [2.45, 2.75) is 25.9 Å². The maximum atomic E-state index is 11.4. The Labute approximate surface area is 79.9 Å². The molecule has 0 saturated carbocycles. The Morgan fingerprint density at radius 2 is 2.23 bits per heavy atom. The van der Waals surface area contributed by atoms with Gasteiger partial charge in [0.15, 0.2) is 0 Å². The molecule has 0 radical (unpaired) electrons. The van der Waals surface area contributed by atoms with E-state index in [1.165, 1.54) is 4.31 Å². The second-order valence-corrected chi connectivity index (χ2v) is 5.68. The Hall–Kier alpha value is -0.130. The van der Waals surface area contributed by atoms with Gasteiger partial charge < -0.3 is 4.74 Å². The predicted molar refractivity (Wildman–Crippen MR) is 51.1 cm³/mol. The molecule has 0 bridgehead atoms. The van der Waals surface area contributed by atoms with Gasteiger partial charge >= 0.3 is 0 Å². The van der Waals surface area contributed by atoms with Crippen LogP contribution in [0, 0.1) is 0 Å². The van der Waals surface area contributed by atoms with Crippen LogP contribution in [0.4, 0.5) is 0 Å². The summed E-state index contributed by atoms with van der Waals surface area (Å²) in [6, 6.07) is 0. The summed E-state index contributed by atoms with van der Waals surface area (Å²) in [7, 11) is -1.42. The first-order valence-corrected chi connectivity index (χ1v) is 6.23. The van der Waals surface area contributed by atoms with Gasteiger partial charge in [0.25, 0.3) is 0 Å². The lowest BCUT2D eigenvalue weighted by Crippen LogP contribution is -2.34. The molecule has 1 saturated heterocycles. The van der Waals surface area contributed by atoms with Crippen LogP contribution in [0.15, 0.2) is 0 Å². The highest BCUT2D eigenvalue weighted by molar-refractivity contribution is 7.89. The molecular formula is C8H17NO3S. The van der Waals surface area contributed by atoms with Crippen LogP contribution in [0.2, 0.25) is 0 Å². The number of likely N-dealkylation sites (N-methyl/N-ethyl adjacent to an activating group) is 1. The molecule has 13 heavy (non-hydrogen) atoms. The van der Waals surface area contributed by atoms with E-state index in [4.69, 9.17) is 4.74 Å². The van der Waals surface area contributed by atoms with Crippen molar-refractivity contribution in [3.8, 4) is 0 Å². The van der Waals surface area contributed by atoms with Crippen LogP contribution >= 0.6 is 0 Å². The van der Waals surface area contributed by atoms with Gasteiger partial charge in [-0.25, -0.2) is 12.7 Å². The summed E-state index contributed by atoms with van der Waals surface area (Å²) >= 11 is 0. The minimum atomic E-state index is -3.03. The summed E-state index contributed by atoms with van der Waals surface area (Å²) in [5.74, 6) is 0.163. The van der Waals surface area contributed by atoms with Gasteiger partial charge in [0.2, 0.25) is 10.0 Å². The summed E-state index contributed by atoms with van der Waals surface area (Å²) in [5.41, 5.74) is 0. The monoisotopic (exact) mass is 207 g/mol. The molecule has 5 heteroatoms. The van der Waals surface area contributed by atoms with Crippen LogP contribution in [0.25, 0.3) is 0 Å². The van der Waals surface area contributed by atoms with Gasteiger partial charge in [0.05, 0.1) is 11.9 Å². The van der Waals surface area contributed by atoms with Crippen molar-refractivity contribution in [1.29, 1.82) is 0 Å². The van der Waals surface area contributed by atoms with Gasteiger partial charge in [-0.15, -0.1) is 0 Å². The van der Waals surface area contributed by atoms with Gasteiger partial charge in [-0.3, -0.25) is 0 Å². The largest absolute Gasteiger partial charge is 0.377 e. The number of nitrogens with zero attached hydrogens (tertiary/aromatic N) is 1. The van der Waals surface area contributed by atoms with Gasteiger partial charge in [-0.05, 0) is 19.8 Å². The van der Waals surface area contributed by atoms with Crippen molar-refractivity contribution in [3.05, 3.63) is 0 Å². The average molecular weight is 207 g/mol. The summed E-state index contributed by atoms with van der Waals surface area (Å²) < 4.78 is 29.5. The maximum absolute atomic E-state index is 11.4. The molecule has 1 unspecified atom stereocenters. The van der Waals surface area contributed by atoms with Crippen molar-refractivity contribution in [3.63, 3.8) is 0 Å². The van der Waals surface area contributed by atoms with Crippen molar-refractivity contribution < 1.29 is 13.2 Å². The Kier molecular flexibility index (Phi) is 3.70. The Morgan fingerprint density at radius 1 is 1.54 bits per heavy atom. The SMILES string of the molecule is CCS(=O)(=O)N(C)CC1CCCO1. The molecule has 0 aromatic rings. The summed E-state index contributed by atoms with van der Waals surface area (Å²) in [4.78, 5) is 0. The van der Waals surface area contributed by atoms with Gasteiger partial charge in [-0.2, -0.15) is 0 Å². The normalized spacial score (nSPS) is 24.1. The lowest BCUT2D eigenvalue weighted by Gasteiger charge is -2.19. The van der Waals surface area contributed by atoms with E-state index >= 15 is 0 Å². The highest BCUT2D eigenvalue weighted by atomic mass is 32.2. The Bertz CT molecular complexity index is 244. The third-order valence-corrected chi connectivity index (χ3v) is 4.15. The van der Waals surface area contributed by atoms with E-state index in [0.29, 0.717) is 6.54 Å². The number of ether oxygens (including phenoxy) is 1. The third-order valence-electron chi connectivity index (χ3n) is 2.32. The van der Waals surface area contributed by atoms with Crippen molar-refractivity contribution >= 4 is 10.0 Å². The number of hydrogen-bond acceptors (Lipinski definition) is 3. The predicted octanol–water partition coefficient (Wildman–Crippen LogP) is 0.447. The highest BCUT2D eigenvalue weighted by Gasteiger charge is 2.22. The minimum Gasteiger partial charge on any atom is -0.377 e. The number of sulfonamides is 1. The van der Waals surface area contributed by atoms with Crippen LogP contribution < -0.4 is 0 Å². The van der Waals surface area contributed by atoms with E-state index < -0.39 is 10.0 Å². The standard InChI is InChI=1S/C8H17NO3S/c1-3-13(10,11)9(2)7-8-5-4-6-12-8/h8H,3-7H2,1-2H3. The molecule has 78 valence electrons.